The van der Waals surface area contributed by atoms with Crippen molar-refractivity contribution in [2.24, 2.45) is 5.92 Å². The quantitative estimate of drug-likeness (QED) is 0.772. The van der Waals surface area contributed by atoms with Crippen molar-refractivity contribution in [3.63, 3.8) is 0 Å². The lowest BCUT2D eigenvalue weighted by Crippen LogP contribution is -2.42. The van der Waals surface area contributed by atoms with E-state index in [0.717, 1.165) is 19.3 Å². The van der Waals surface area contributed by atoms with Crippen molar-refractivity contribution in [3.8, 4) is 11.5 Å². The molecule has 1 aliphatic rings. The zero-order valence-corrected chi connectivity index (χ0v) is 15.5. The maximum atomic E-state index is 12.4. The van der Waals surface area contributed by atoms with E-state index in [1.54, 1.807) is 36.4 Å². The van der Waals surface area contributed by atoms with Gasteiger partial charge in [0.1, 0.15) is 17.1 Å². The molecule has 5 heteroatoms. The molecule has 0 unspecified atom stereocenters. The molecule has 0 heterocycles. The molecule has 0 aromatic heterocycles. The normalized spacial score (nSPS) is 19.1. The molecule has 1 amide bonds. The van der Waals surface area contributed by atoms with Gasteiger partial charge in [0.25, 0.3) is 5.91 Å². The van der Waals surface area contributed by atoms with E-state index in [4.69, 9.17) is 9.47 Å². The summed E-state index contributed by atoms with van der Waals surface area (Å²) in [4.78, 5) is 24.6. The standard InChI is InChI=1S/C22H25NO4/c1-16-9-5-7-13-19(16)23-21(24)15-26-22(25)18-12-6-8-14-20(18)27-17-10-3-2-4-11-17/h2-4,6,8,10-12,14,16,19H,5,7,9,13,15H2,1H3,(H,23,24)/t16-,19-/m1/s1. The first-order valence-corrected chi connectivity index (χ1v) is 9.42. The van der Waals surface area contributed by atoms with Gasteiger partial charge in [0.05, 0.1) is 0 Å². The summed E-state index contributed by atoms with van der Waals surface area (Å²) in [5, 5.41) is 2.98. The van der Waals surface area contributed by atoms with E-state index >= 15 is 0 Å². The predicted molar refractivity (Wildman–Crippen MR) is 103 cm³/mol. The molecule has 142 valence electrons. The molecule has 1 N–H and O–H groups in total. The fraction of sp³-hybridized carbons (Fsp3) is 0.364. The lowest BCUT2D eigenvalue weighted by Gasteiger charge is -2.29. The van der Waals surface area contributed by atoms with E-state index < -0.39 is 5.97 Å². The molecule has 0 aliphatic heterocycles. The Morgan fingerprint density at radius 1 is 1.00 bits per heavy atom. The fourth-order valence-electron chi connectivity index (χ4n) is 3.33. The molecule has 2 aromatic carbocycles. The lowest BCUT2D eigenvalue weighted by atomic mass is 9.86. The maximum Gasteiger partial charge on any atom is 0.342 e. The SMILES string of the molecule is C[C@@H]1CCCC[C@H]1NC(=O)COC(=O)c1ccccc1Oc1ccccc1. The van der Waals surface area contributed by atoms with Gasteiger partial charge in [0.2, 0.25) is 0 Å². The van der Waals surface area contributed by atoms with Gasteiger partial charge in [0.15, 0.2) is 6.61 Å². The molecule has 1 aliphatic carbocycles. The number of para-hydroxylation sites is 2. The van der Waals surface area contributed by atoms with Crippen molar-refractivity contribution in [1.29, 1.82) is 0 Å². The molecule has 2 aromatic rings. The average Bonchev–Trinajstić information content (AvgIpc) is 2.69. The van der Waals surface area contributed by atoms with Crippen molar-refractivity contribution < 1.29 is 19.1 Å². The van der Waals surface area contributed by atoms with Crippen LogP contribution in [0, 0.1) is 5.92 Å². The molecule has 0 bridgehead atoms. The average molecular weight is 367 g/mol. The van der Waals surface area contributed by atoms with Gasteiger partial charge in [-0.2, -0.15) is 0 Å². The zero-order chi connectivity index (χ0) is 19.1. The van der Waals surface area contributed by atoms with E-state index in [1.807, 2.05) is 18.2 Å². The molecule has 1 saturated carbocycles. The van der Waals surface area contributed by atoms with Gasteiger partial charge in [-0.3, -0.25) is 4.79 Å². The van der Waals surface area contributed by atoms with E-state index in [1.165, 1.54) is 6.42 Å². The van der Waals surface area contributed by atoms with Crippen LogP contribution in [0.4, 0.5) is 0 Å². The van der Waals surface area contributed by atoms with Gasteiger partial charge in [-0.25, -0.2) is 4.79 Å². The maximum absolute atomic E-state index is 12.4. The Bertz CT molecular complexity index is 775. The molecule has 5 nitrogen and oxygen atoms in total. The summed E-state index contributed by atoms with van der Waals surface area (Å²) in [5.41, 5.74) is 0.292. The third kappa shape index (κ3) is 5.33. The van der Waals surface area contributed by atoms with Gasteiger partial charge >= 0.3 is 5.97 Å². The molecule has 0 radical (unpaired) electrons. The highest BCUT2D eigenvalue weighted by atomic mass is 16.5. The van der Waals surface area contributed by atoms with Crippen LogP contribution < -0.4 is 10.1 Å². The van der Waals surface area contributed by atoms with Crippen molar-refractivity contribution in [1.82, 2.24) is 5.32 Å². The van der Waals surface area contributed by atoms with Crippen LogP contribution in [0.5, 0.6) is 11.5 Å². The number of hydrogen-bond acceptors (Lipinski definition) is 4. The summed E-state index contributed by atoms with van der Waals surface area (Å²) in [6.45, 7) is 1.86. The van der Waals surface area contributed by atoms with Crippen LogP contribution in [0.3, 0.4) is 0 Å². The second-order valence-corrected chi connectivity index (χ2v) is 6.92. The highest BCUT2D eigenvalue weighted by Gasteiger charge is 2.23. The number of rotatable bonds is 6. The number of nitrogens with one attached hydrogen (secondary N) is 1. The summed E-state index contributed by atoms with van der Waals surface area (Å²) >= 11 is 0. The van der Waals surface area contributed by atoms with Gasteiger partial charge in [-0.1, -0.05) is 50.1 Å². The van der Waals surface area contributed by atoms with E-state index in [9.17, 15) is 9.59 Å². The summed E-state index contributed by atoms with van der Waals surface area (Å²) in [5.74, 6) is 0.645. The number of carbonyl (C=O) groups excluding carboxylic acids is 2. The van der Waals surface area contributed by atoms with Crippen LogP contribution in [0.2, 0.25) is 0 Å². The van der Waals surface area contributed by atoms with Crippen LogP contribution in [-0.4, -0.2) is 24.5 Å². The largest absolute Gasteiger partial charge is 0.456 e. The fourth-order valence-corrected chi connectivity index (χ4v) is 3.33. The summed E-state index contributed by atoms with van der Waals surface area (Å²) in [6.07, 6.45) is 4.43. The highest BCUT2D eigenvalue weighted by molar-refractivity contribution is 5.94. The Labute approximate surface area is 159 Å². The van der Waals surface area contributed by atoms with Crippen molar-refractivity contribution in [2.75, 3.05) is 6.61 Å². The summed E-state index contributed by atoms with van der Waals surface area (Å²) < 4.78 is 11.0. The minimum atomic E-state index is -0.576. The molecule has 1 fully saturated rings. The third-order valence-corrected chi connectivity index (χ3v) is 4.87. The Morgan fingerprint density at radius 3 is 2.48 bits per heavy atom. The van der Waals surface area contributed by atoms with Crippen LogP contribution >= 0.6 is 0 Å². The van der Waals surface area contributed by atoms with Gasteiger partial charge < -0.3 is 14.8 Å². The van der Waals surface area contributed by atoms with Gasteiger partial charge in [-0.05, 0) is 43.0 Å². The van der Waals surface area contributed by atoms with Crippen LogP contribution in [0.15, 0.2) is 54.6 Å². The Hall–Kier alpha value is -2.82. The second kappa shape index (κ2) is 9.21. The number of hydrogen-bond donors (Lipinski definition) is 1. The Kier molecular flexibility index (Phi) is 6.47. The third-order valence-electron chi connectivity index (χ3n) is 4.87. The number of esters is 1. The van der Waals surface area contributed by atoms with Gasteiger partial charge in [-0.15, -0.1) is 0 Å². The zero-order valence-electron chi connectivity index (χ0n) is 15.5. The number of carbonyl (C=O) groups is 2. The van der Waals surface area contributed by atoms with E-state index in [2.05, 4.69) is 12.2 Å². The van der Waals surface area contributed by atoms with E-state index in [0.29, 0.717) is 23.0 Å². The first-order valence-electron chi connectivity index (χ1n) is 9.42. The molecule has 0 saturated heterocycles. The second-order valence-electron chi connectivity index (χ2n) is 6.92. The van der Waals surface area contributed by atoms with Crippen LogP contribution in [0.25, 0.3) is 0 Å². The predicted octanol–water partition coefficient (Wildman–Crippen LogP) is 4.33. The van der Waals surface area contributed by atoms with Crippen molar-refractivity contribution in [3.05, 3.63) is 60.2 Å². The monoisotopic (exact) mass is 367 g/mol. The smallest absolute Gasteiger partial charge is 0.342 e. The summed E-state index contributed by atoms with van der Waals surface area (Å²) in [7, 11) is 0. The Balaban J connectivity index is 1.57. The molecule has 27 heavy (non-hydrogen) atoms. The molecule has 2 atom stereocenters. The minimum Gasteiger partial charge on any atom is -0.456 e. The van der Waals surface area contributed by atoms with Gasteiger partial charge in [0, 0.05) is 6.04 Å². The van der Waals surface area contributed by atoms with Crippen LogP contribution in [-0.2, 0) is 9.53 Å². The summed E-state index contributed by atoms with van der Waals surface area (Å²) in [6, 6.07) is 16.2. The minimum absolute atomic E-state index is 0.165. The first-order chi connectivity index (χ1) is 13.1. The molecular weight excluding hydrogens is 342 g/mol. The van der Waals surface area contributed by atoms with Crippen molar-refractivity contribution >= 4 is 11.9 Å². The van der Waals surface area contributed by atoms with E-state index in [-0.39, 0.29) is 18.6 Å². The topological polar surface area (TPSA) is 64.6 Å². The first kappa shape index (κ1) is 19.0. The Morgan fingerprint density at radius 2 is 1.70 bits per heavy atom. The lowest BCUT2D eigenvalue weighted by molar-refractivity contribution is -0.125. The van der Waals surface area contributed by atoms with Crippen LogP contribution in [0.1, 0.15) is 43.0 Å². The molecule has 3 rings (SSSR count). The van der Waals surface area contributed by atoms with Crippen molar-refractivity contribution in [2.45, 2.75) is 38.6 Å². The number of amides is 1. The highest BCUT2D eigenvalue weighted by Crippen LogP contribution is 2.26. The number of benzene rings is 2. The molecular formula is C22H25NO4. The number of ether oxygens (including phenoxy) is 2. The molecule has 0 spiro atoms.